The molecule has 7 heteroatoms. The van der Waals surface area contributed by atoms with Crippen molar-refractivity contribution in [3.05, 3.63) is 77.1 Å². The van der Waals surface area contributed by atoms with E-state index in [1.807, 2.05) is 13.0 Å². The van der Waals surface area contributed by atoms with E-state index >= 15 is 0 Å². The van der Waals surface area contributed by atoms with Gasteiger partial charge in [0.05, 0.1) is 22.0 Å². The van der Waals surface area contributed by atoms with Gasteiger partial charge < -0.3 is 10.1 Å². The van der Waals surface area contributed by atoms with Crippen molar-refractivity contribution >= 4 is 29.2 Å². The minimum absolute atomic E-state index is 0.348. The lowest BCUT2D eigenvalue weighted by Crippen LogP contribution is -2.30. The van der Waals surface area contributed by atoms with Crippen LogP contribution in [0.5, 0.6) is 0 Å². The molecule has 0 radical (unpaired) electrons. The van der Waals surface area contributed by atoms with Gasteiger partial charge in [-0.3, -0.25) is 4.79 Å². The second-order valence-corrected chi connectivity index (χ2v) is 6.36. The summed E-state index contributed by atoms with van der Waals surface area (Å²) in [5, 5.41) is 7.27. The number of carbonyl (C=O) groups is 2. The molecule has 0 unspecified atom stereocenters. The number of amides is 1. The van der Waals surface area contributed by atoms with Crippen LogP contribution in [0, 0.1) is 6.92 Å². The van der Waals surface area contributed by atoms with Crippen LogP contribution in [0.1, 0.15) is 23.0 Å². The summed E-state index contributed by atoms with van der Waals surface area (Å²) in [6.07, 6.45) is 0.735. The number of hydrogen-bond donors (Lipinski definition) is 1. The van der Waals surface area contributed by atoms with Gasteiger partial charge in [0.15, 0.2) is 6.10 Å². The predicted molar refractivity (Wildman–Crippen MR) is 103 cm³/mol. The first-order valence-corrected chi connectivity index (χ1v) is 8.71. The fourth-order valence-corrected chi connectivity index (χ4v) is 2.64. The molecule has 27 heavy (non-hydrogen) atoms. The zero-order chi connectivity index (χ0) is 19.4. The van der Waals surface area contributed by atoms with Crippen LogP contribution in [0.3, 0.4) is 0 Å². The summed E-state index contributed by atoms with van der Waals surface area (Å²) in [7, 11) is 0. The number of ether oxygens (including phenoxy) is 1. The van der Waals surface area contributed by atoms with Crippen molar-refractivity contribution < 1.29 is 14.3 Å². The molecule has 0 bridgehead atoms. The molecule has 6 nitrogen and oxygen atoms in total. The van der Waals surface area contributed by atoms with Gasteiger partial charge >= 0.3 is 5.97 Å². The Labute approximate surface area is 161 Å². The largest absolute Gasteiger partial charge is 0.449 e. The van der Waals surface area contributed by atoms with E-state index in [4.69, 9.17) is 16.3 Å². The van der Waals surface area contributed by atoms with Gasteiger partial charge in [-0.1, -0.05) is 23.7 Å². The summed E-state index contributed by atoms with van der Waals surface area (Å²) in [5.41, 5.74) is 2.63. The highest BCUT2D eigenvalue weighted by Gasteiger charge is 2.19. The predicted octanol–water partition coefficient (Wildman–Crippen LogP) is 4.02. The number of nitrogens with one attached hydrogen (secondary N) is 1. The normalized spacial score (nSPS) is 11.7. The molecule has 0 aliphatic rings. The van der Waals surface area contributed by atoms with Crippen molar-refractivity contribution in [3.8, 4) is 5.69 Å². The quantitative estimate of drug-likeness (QED) is 0.675. The minimum atomic E-state index is -0.971. The van der Waals surface area contributed by atoms with Gasteiger partial charge in [-0.05, 0) is 56.3 Å². The number of para-hydroxylation sites is 1. The number of aromatic nitrogens is 2. The number of carbonyl (C=O) groups excluding carboxylic acids is 2. The fourth-order valence-electron chi connectivity index (χ4n) is 2.46. The van der Waals surface area contributed by atoms with Gasteiger partial charge in [0.1, 0.15) is 0 Å². The number of esters is 1. The molecule has 3 rings (SSSR count). The minimum Gasteiger partial charge on any atom is -0.449 e. The van der Waals surface area contributed by atoms with Crippen LogP contribution in [-0.4, -0.2) is 27.8 Å². The van der Waals surface area contributed by atoms with E-state index in [0.717, 1.165) is 11.4 Å². The smallest absolute Gasteiger partial charge is 0.338 e. The standard InChI is InChI=1S/C20H18ClN3O3/c1-13-11-12-22-24(13)16-9-7-15(8-10-16)20(26)27-14(2)19(25)23-18-6-4-3-5-17(18)21/h3-12,14H,1-2H3,(H,23,25)/t14-/m1/s1. The van der Waals surface area contributed by atoms with Gasteiger partial charge in [0, 0.05) is 11.9 Å². The maximum Gasteiger partial charge on any atom is 0.338 e. The second kappa shape index (κ2) is 8.05. The highest BCUT2D eigenvalue weighted by molar-refractivity contribution is 6.33. The maximum absolute atomic E-state index is 12.3. The third-order valence-electron chi connectivity index (χ3n) is 3.96. The van der Waals surface area contributed by atoms with Crippen molar-refractivity contribution in [2.75, 3.05) is 5.32 Å². The van der Waals surface area contributed by atoms with Crippen LogP contribution < -0.4 is 5.32 Å². The lowest BCUT2D eigenvalue weighted by Gasteiger charge is -2.14. The molecule has 0 aliphatic carbocycles. The van der Waals surface area contributed by atoms with Crippen LogP contribution in [0.25, 0.3) is 5.69 Å². The molecule has 3 aromatic rings. The topological polar surface area (TPSA) is 73.2 Å². The molecule has 0 aliphatic heterocycles. The number of rotatable bonds is 5. The lowest BCUT2D eigenvalue weighted by molar-refractivity contribution is -0.123. The van der Waals surface area contributed by atoms with Crippen molar-refractivity contribution in [2.24, 2.45) is 0 Å². The highest BCUT2D eigenvalue weighted by atomic mass is 35.5. The molecule has 1 heterocycles. The Morgan fingerprint density at radius 1 is 1.11 bits per heavy atom. The zero-order valence-electron chi connectivity index (χ0n) is 14.8. The Morgan fingerprint density at radius 2 is 1.81 bits per heavy atom. The van der Waals surface area contributed by atoms with Gasteiger partial charge in [-0.15, -0.1) is 0 Å². The van der Waals surface area contributed by atoms with Crippen LogP contribution in [-0.2, 0) is 9.53 Å². The summed E-state index contributed by atoms with van der Waals surface area (Å²) < 4.78 is 7.01. The molecule has 0 saturated carbocycles. The summed E-state index contributed by atoms with van der Waals surface area (Å²) in [6, 6.07) is 15.5. The first-order valence-electron chi connectivity index (χ1n) is 8.33. The number of anilines is 1. The van der Waals surface area contributed by atoms with Crippen LogP contribution in [0.15, 0.2) is 60.8 Å². The number of hydrogen-bond acceptors (Lipinski definition) is 4. The fraction of sp³-hybridized carbons (Fsp3) is 0.150. The number of benzene rings is 2. The van der Waals surface area contributed by atoms with Crippen molar-refractivity contribution in [2.45, 2.75) is 20.0 Å². The Morgan fingerprint density at radius 3 is 2.44 bits per heavy atom. The molecule has 2 aromatic carbocycles. The van der Waals surface area contributed by atoms with Crippen LogP contribution >= 0.6 is 11.6 Å². The Bertz CT molecular complexity index is 967. The van der Waals surface area contributed by atoms with E-state index in [0.29, 0.717) is 16.3 Å². The summed E-state index contributed by atoms with van der Waals surface area (Å²) >= 11 is 6.01. The van der Waals surface area contributed by atoms with E-state index < -0.39 is 18.0 Å². The van der Waals surface area contributed by atoms with E-state index in [-0.39, 0.29) is 0 Å². The third kappa shape index (κ3) is 4.35. The van der Waals surface area contributed by atoms with Crippen molar-refractivity contribution in [1.82, 2.24) is 9.78 Å². The Hall–Kier alpha value is -3.12. The van der Waals surface area contributed by atoms with E-state index in [9.17, 15) is 9.59 Å². The van der Waals surface area contributed by atoms with Crippen molar-refractivity contribution in [1.29, 1.82) is 0 Å². The summed E-state index contributed by atoms with van der Waals surface area (Å²) in [6.45, 7) is 3.44. The molecular weight excluding hydrogens is 366 g/mol. The first-order chi connectivity index (χ1) is 13.0. The third-order valence-corrected chi connectivity index (χ3v) is 4.29. The van der Waals surface area contributed by atoms with E-state index in [1.54, 1.807) is 59.4 Å². The SMILES string of the molecule is Cc1ccnn1-c1ccc(C(=O)O[C@H](C)C(=O)Nc2ccccc2Cl)cc1. The Balaban J connectivity index is 1.63. The molecule has 0 saturated heterocycles. The van der Waals surface area contributed by atoms with E-state index in [2.05, 4.69) is 10.4 Å². The average Bonchev–Trinajstić information content (AvgIpc) is 3.09. The monoisotopic (exact) mass is 383 g/mol. The molecular formula is C20H18ClN3O3. The summed E-state index contributed by atoms with van der Waals surface area (Å²) in [4.78, 5) is 24.5. The van der Waals surface area contributed by atoms with Gasteiger partial charge in [0.25, 0.3) is 5.91 Å². The van der Waals surface area contributed by atoms with Crippen molar-refractivity contribution in [3.63, 3.8) is 0 Å². The average molecular weight is 384 g/mol. The second-order valence-electron chi connectivity index (χ2n) is 5.95. The molecule has 138 valence electrons. The molecule has 1 N–H and O–H groups in total. The Kier molecular flexibility index (Phi) is 5.57. The number of halogens is 1. The molecule has 1 amide bonds. The number of nitrogens with zero attached hydrogens (tertiary/aromatic N) is 2. The molecule has 0 spiro atoms. The first kappa shape index (κ1) is 18.7. The summed E-state index contributed by atoms with van der Waals surface area (Å²) in [5.74, 6) is -1.04. The van der Waals surface area contributed by atoms with Crippen LogP contribution in [0.4, 0.5) is 5.69 Å². The van der Waals surface area contributed by atoms with Gasteiger partial charge in [-0.2, -0.15) is 5.10 Å². The van der Waals surface area contributed by atoms with Crippen LogP contribution in [0.2, 0.25) is 5.02 Å². The molecule has 1 aromatic heterocycles. The van der Waals surface area contributed by atoms with E-state index in [1.165, 1.54) is 6.92 Å². The highest BCUT2D eigenvalue weighted by Crippen LogP contribution is 2.21. The zero-order valence-corrected chi connectivity index (χ0v) is 15.6. The molecule has 0 fully saturated rings. The van der Waals surface area contributed by atoms with Gasteiger partial charge in [0.2, 0.25) is 0 Å². The lowest BCUT2D eigenvalue weighted by atomic mass is 10.2. The molecule has 1 atom stereocenters. The maximum atomic E-state index is 12.3. The number of aryl methyl sites for hydroxylation is 1. The van der Waals surface area contributed by atoms with Gasteiger partial charge in [-0.25, -0.2) is 9.48 Å².